The van der Waals surface area contributed by atoms with Crippen LogP contribution in [0.2, 0.25) is 0 Å². The molecule has 0 aromatic carbocycles. The molecule has 27 valence electrons. The molecule has 0 aliphatic carbocycles. The molecule has 0 N–H and O–H groups in total. The molecular weight excluding hydrogens is 232 g/mol. The monoisotopic (exact) mass is 232 g/mol. The van der Waals surface area contributed by atoms with Gasteiger partial charge >= 0.3 is 97.2 Å². The van der Waals surface area contributed by atoms with Crippen LogP contribution in [0, 0.1) is 0 Å². The second kappa shape index (κ2) is 10.6. The van der Waals surface area contributed by atoms with Gasteiger partial charge in [-0.2, -0.15) is 0 Å². The smallest absolute Gasteiger partial charge is 3.00 e. The van der Waals surface area contributed by atoms with Crippen molar-refractivity contribution in [2.24, 2.45) is 0 Å². The molecule has 0 rings (SSSR count). The van der Waals surface area contributed by atoms with Gasteiger partial charge in [-0.3, -0.25) is 0 Å². The van der Waals surface area contributed by atoms with Crippen molar-refractivity contribution in [3.8, 4) is 0 Å². The maximum Gasteiger partial charge on any atom is 3.00 e. The van der Waals surface area contributed by atoms with E-state index < -0.39 is 14.5 Å². The first-order chi connectivity index (χ1) is 1.73. The van der Waals surface area contributed by atoms with E-state index in [4.69, 9.17) is 12.2 Å². The van der Waals surface area contributed by atoms with Crippen LogP contribution in [0.3, 0.4) is 0 Å². The Morgan fingerprint density at radius 2 is 1.33 bits per heavy atom. The standard InChI is InChI=1S/Ca.Mn.3O.Y/q+2;;;2*-1;+3. The van der Waals surface area contributed by atoms with Crippen molar-refractivity contribution in [2.45, 2.75) is 0 Å². The van der Waals surface area contributed by atoms with E-state index >= 15 is 0 Å². The van der Waals surface area contributed by atoms with E-state index in [1.54, 1.807) is 0 Å². The Morgan fingerprint density at radius 1 is 1.33 bits per heavy atom. The van der Waals surface area contributed by atoms with Gasteiger partial charge in [0.2, 0.25) is 0 Å². The summed E-state index contributed by atoms with van der Waals surface area (Å²) in [6.45, 7) is 0. The zero-order chi connectivity index (χ0) is 3.58. The zero-order valence-electron chi connectivity index (χ0n) is 2.89. The van der Waals surface area contributed by atoms with Gasteiger partial charge < -0.3 is 0 Å². The van der Waals surface area contributed by atoms with Crippen LogP contribution >= 0.6 is 0 Å². The molecular formula is CaMnO3Y+3. The van der Waals surface area contributed by atoms with Crippen LogP contribution in [0.15, 0.2) is 0 Å². The van der Waals surface area contributed by atoms with Gasteiger partial charge in [0.05, 0.1) is 0 Å². The Labute approximate surface area is 95.1 Å². The van der Waals surface area contributed by atoms with Crippen LogP contribution in [-0.4, -0.2) is 37.7 Å². The molecule has 0 heterocycles. The SMILES string of the molecule is [Ca+2].[O]=[Mn]([O-])[O-].[Y+3]. The minimum atomic E-state index is -3.65. The van der Waals surface area contributed by atoms with Gasteiger partial charge in [-0.15, -0.1) is 0 Å². The predicted octanol–water partition coefficient (Wildman–Crippen LogP) is -2.88. The second-order valence-electron chi connectivity index (χ2n) is 0.189. The van der Waals surface area contributed by atoms with Gasteiger partial charge in [-0.05, 0) is 0 Å². The van der Waals surface area contributed by atoms with Crippen molar-refractivity contribution in [1.29, 1.82) is 0 Å². The van der Waals surface area contributed by atoms with Gasteiger partial charge in [0.25, 0.3) is 0 Å². The first kappa shape index (κ1) is 15.8. The summed E-state index contributed by atoms with van der Waals surface area (Å²) in [7, 11) is 0. The maximum atomic E-state index is 8.52. The molecule has 6 heavy (non-hydrogen) atoms. The van der Waals surface area contributed by atoms with Crippen LogP contribution in [0.5, 0.6) is 0 Å². The molecule has 0 fully saturated rings. The summed E-state index contributed by atoms with van der Waals surface area (Å²) in [6, 6.07) is 0. The largest absolute Gasteiger partial charge is 3.00 e. The molecule has 0 spiro atoms. The summed E-state index contributed by atoms with van der Waals surface area (Å²) < 4.78 is 25.6. The third-order valence-corrected chi connectivity index (χ3v) is 0. The Kier molecular flexibility index (Phi) is 27.9. The van der Waals surface area contributed by atoms with Crippen molar-refractivity contribution >= 4 is 37.7 Å². The topological polar surface area (TPSA) is 63.2 Å². The van der Waals surface area contributed by atoms with Crippen LogP contribution in [-0.2, 0) is 51.0 Å². The minimum absolute atomic E-state index is 0. The summed E-state index contributed by atoms with van der Waals surface area (Å²) in [5.41, 5.74) is 0. The zero-order valence-corrected chi connectivity index (χ0v) is 9.11. The molecule has 0 radical (unpaired) electrons. The normalized spacial score (nSPS) is 5.83. The summed E-state index contributed by atoms with van der Waals surface area (Å²) in [5.74, 6) is 0. The number of hydrogen-bond acceptors (Lipinski definition) is 3. The molecule has 0 bridgehead atoms. The Morgan fingerprint density at radius 3 is 1.33 bits per heavy atom. The minimum Gasteiger partial charge on any atom is 3.00 e. The first-order valence-corrected chi connectivity index (χ1v) is 1.91. The second-order valence-corrected chi connectivity index (χ2v) is 0.779. The van der Waals surface area contributed by atoms with E-state index in [1.165, 1.54) is 0 Å². The van der Waals surface area contributed by atoms with Crippen molar-refractivity contribution in [1.82, 2.24) is 0 Å². The van der Waals surface area contributed by atoms with E-state index in [1.807, 2.05) is 0 Å². The van der Waals surface area contributed by atoms with Gasteiger partial charge in [-0.1, -0.05) is 0 Å². The van der Waals surface area contributed by atoms with Crippen LogP contribution in [0.1, 0.15) is 0 Å². The molecule has 6 heteroatoms. The molecule has 0 amide bonds. The van der Waals surface area contributed by atoms with Crippen LogP contribution in [0.4, 0.5) is 0 Å². The van der Waals surface area contributed by atoms with Gasteiger partial charge in [0, 0.05) is 0 Å². The number of hydrogen-bond donors (Lipinski definition) is 0. The first-order valence-electron chi connectivity index (χ1n) is 0.463. The van der Waals surface area contributed by atoms with E-state index in [0.717, 1.165) is 0 Å². The van der Waals surface area contributed by atoms with Gasteiger partial charge in [0.15, 0.2) is 0 Å². The summed E-state index contributed by atoms with van der Waals surface area (Å²) in [4.78, 5) is 0. The Bertz CT molecular complexity index is 33.8. The maximum absolute atomic E-state index is 8.52. The van der Waals surface area contributed by atoms with Crippen LogP contribution < -0.4 is 8.38 Å². The molecule has 0 unspecified atom stereocenters. The fourth-order valence-corrected chi connectivity index (χ4v) is 0. The van der Waals surface area contributed by atoms with E-state index in [-0.39, 0.29) is 70.4 Å². The Hall–Kier alpha value is 2.60. The average molecular weight is 232 g/mol. The summed E-state index contributed by atoms with van der Waals surface area (Å²) >= 11 is -3.65. The van der Waals surface area contributed by atoms with Crippen molar-refractivity contribution in [2.75, 3.05) is 0 Å². The molecule has 0 aromatic rings. The van der Waals surface area contributed by atoms with Gasteiger partial charge in [0.1, 0.15) is 0 Å². The molecule has 0 aromatic heterocycles. The fourth-order valence-electron chi connectivity index (χ4n) is 0. The van der Waals surface area contributed by atoms with E-state index in [9.17, 15) is 0 Å². The quantitative estimate of drug-likeness (QED) is 0.421. The average Bonchev–Trinajstić information content (AvgIpc) is 0.811. The summed E-state index contributed by atoms with van der Waals surface area (Å²) in [6.07, 6.45) is 0. The molecule has 0 saturated heterocycles. The van der Waals surface area contributed by atoms with Crippen molar-refractivity contribution in [3.05, 3.63) is 0 Å². The van der Waals surface area contributed by atoms with Crippen molar-refractivity contribution < 1.29 is 59.4 Å². The number of rotatable bonds is 0. The van der Waals surface area contributed by atoms with E-state index in [0.29, 0.717) is 0 Å². The van der Waals surface area contributed by atoms with Gasteiger partial charge in [-0.25, -0.2) is 0 Å². The summed E-state index contributed by atoms with van der Waals surface area (Å²) in [5, 5.41) is 0. The molecule has 3 nitrogen and oxygen atoms in total. The molecule has 0 atom stereocenters. The molecule has 0 aliphatic heterocycles. The molecule has 0 aliphatic rings. The Balaban J connectivity index is -0.0000000450. The predicted molar refractivity (Wildman–Crippen MR) is 6.44 cm³/mol. The van der Waals surface area contributed by atoms with Crippen LogP contribution in [0.25, 0.3) is 0 Å². The third-order valence-electron chi connectivity index (χ3n) is 0. The van der Waals surface area contributed by atoms with E-state index in [2.05, 4.69) is 0 Å². The fraction of sp³-hybridized carbons (Fsp3) is 0. The third kappa shape index (κ3) is 30.6. The molecule has 0 saturated carbocycles. The van der Waals surface area contributed by atoms with Crippen molar-refractivity contribution in [3.63, 3.8) is 0 Å².